The molecule has 1 aromatic rings. The van der Waals surface area contributed by atoms with Crippen LogP contribution in [-0.2, 0) is 4.74 Å². The van der Waals surface area contributed by atoms with Crippen molar-refractivity contribution >= 4 is 0 Å². The van der Waals surface area contributed by atoms with E-state index in [0.29, 0.717) is 12.1 Å². The average molecular weight is 292 g/mol. The molecule has 2 unspecified atom stereocenters. The fourth-order valence-electron chi connectivity index (χ4n) is 2.61. The predicted molar refractivity (Wildman–Crippen MR) is 90.8 cm³/mol. The SMILES string of the molecule is CCCNC(CN(CC)C(C)COC)c1ccc(C)cc1. The Hall–Kier alpha value is -0.900. The first-order chi connectivity index (χ1) is 10.1. The van der Waals surface area contributed by atoms with E-state index in [2.05, 4.69) is 62.2 Å². The number of rotatable bonds is 10. The lowest BCUT2D eigenvalue weighted by atomic mass is 10.0. The molecular weight excluding hydrogens is 260 g/mol. The van der Waals surface area contributed by atoms with Crippen LogP contribution in [0.4, 0.5) is 0 Å². The zero-order valence-electron chi connectivity index (χ0n) is 14.4. The summed E-state index contributed by atoms with van der Waals surface area (Å²) in [6.45, 7) is 12.7. The summed E-state index contributed by atoms with van der Waals surface area (Å²) in [4.78, 5) is 2.48. The molecule has 0 saturated heterocycles. The average Bonchev–Trinajstić information content (AvgIpc) is 2.49. The third-order valence-electron chi connectivity index (χ3n) is 3.97. The Morgan fingerprint density at radius 3 is 2.38 bits per heavy atom. The van der Waals surface area contributed by atoms with Crippen LogP contribution in [0.25, 0.3) is 0 Å². The van der Waals surface area contributed by atoms with Gasteiger partial charge in [-0.1, -0.05) is 43.7 Å². The van der Waals surface area contributed by atoms with Crippen molar-refractivity contribution in [2.45, 2.75) is 46.2 Å². The van der Waals surface area contributed by atoms with Gasteiger partial charge in [-0.25, -0.2) is 0 Å². The molecule has 0 aliphatic heterocycles. The van der Waals surface area contributed by atoms with Crippen molar-refractivity contribution in [1.82, 2.24) is 10.2 Å². The number of aryl methyl sites for hydroxylation is 1. The first-order valence-corrected chi connectivity index (χ1v) is 8.15. The highest BCUT2D eigenvalue weighted by molar-refractivity contribution is 5.24. The van der Waals surface area contributed by atoms with Gasteiger partial charge in [-0.3, -0.25) is 4.90 Å². The van der Waals surface area contributed by atoms with Crippen molar-refractivity contribution in [3.05, 3.63) is 35.4 Å². The Kier molecular flexibility index (Phi) is 8.58. The van der Waals surface area contributed by atoms with Crippen LogP contribution >= 0.6 is 0 Å². The van der Waals surface area contributed by atoms with Crippen molar-refractivity contribution < 1.29 is 4.74 Å². The van der Waals surface area contributed by atoms with Crippen LogP contribution in [0.5, 0.6) is 0 Å². The Morgan fingerprint density at radius 1 is 1.19 bits per heavy atom. The van der Waals surface area contributed by atoms with E-state index >= 15 is 0 Å². The first kappa shape index (κ1) is 18.1. The molecule has 1 rings (SSSR count). The molecule has 0 amide bonds. The van der Waals surface area contributed by atoms with Crippen LogP contribution in [0.2, 0.25) is 0 Å². The van der Waals surface area contributed by atoms with E-state index in [4.69, 9.17) is 4.74 Å². The maximum Gasteiger partial charge on any atom is 0.0615 e. The number of hydrogen-bond donors (Lipinski definition) is 1. The number of hydrogen-bond acceptors (Lipinski definition) is 3. The maximum atomic E-state index is 5.31. The van der Waals surface area contributed by atoms with Crippen molar-refractivity contribution in [2.75, 3.05) is 33.4 Å². The second kappa shape index (κ2) is 9.93. The molecule has 0 aliphatic carbocycles. The van der Waals surface area contributed by atoms with Crippen LogP contribution < -0.4 is 5.32 Å². The van der Waals surface area contributed by atoms with Gasteiger partial charge in [0.15, 0.2) is 0 Å². The molecule has 0 bridgehead atoms. The molecule has 3 heteroatoms. The summed E-state index contributed by atoms with van der Waals surface area (Å²) in [5.41, 5.74) is 2.69. The van der Waals surface area contributed by atoms with E-state index in [0.717, 1.165) is 32.7 Å². The lowest BCUT2D eigenvalue weighted by molar-refractivity contribution is 0.0956. The van der Waals surface area contributed by atoms with Crippen LogP contribution in [0, 0.1) is 6.92 Å². The van der Waals surface area contributed by atoms with Gasteiger partial charge in [0.05, 0.1) is 6.61 Å². The van der Waals surface area contributed by atoms with Gasteiger partial charge in [0.2, 0.25) is 0 Å². The number of nitrogens with zero attached hydrogens (tertiary/aromatic N) is 1. The van der Waals surface area contributed by atoms with Crippen molar-refractivity contribution in [1.29, 1.82) is 0 Å². The second-order valence-corrected chi connectivity index (χ2v) is 5.81. The molecule has 0 aliphatic rings. The Labute approximate surface area is 130 Å². The van der Waals surface area contributed by atoms with Crippen molar-refractivity contribution in [2.24, 2.45) is 0 Å². The fraction of sp³-hybridized carbons (Fsp3) is 0.667. The fourth-order valence-corrected chi connectivity index (χ4v) is 2.61. The molecule has 120 valence electrons. The zero-order chi connectivity index (χ0) is 15.7. The van der Waals surface area contributed by atoms with Gasteiger partial charge >= 0.3 is 0 Å². The van der Waals surface area contributed by atoms with Crippen LogP contribution in [0.1, 0.15) is 44.4 Å². The number of benzene rings is 1. The highest BCUT2D eigenvalue weighted by atomic mass is 16.5. The van der Waals surface area contributed by atoms with E-state index < -0.39 is 0 Å². The molecule has 0 fully saturated rings. The molecule has 0 spiro atoms. The Balaban J connectivity index is 2.78. The summed E-state index contributed by atoms with van der Waals surface area (Å²) in [5.74, 6) is 0. The standard InChI is InChI=1S/C18H32N2O/c1-6-12-19-18(17-10-8-15(3)9-11-17)13-20(7-2)16(4)14-21-5/h8-11,16,18-19H,6-7,12-14H2,1-5H3. The van der Waals surface area contributed by atoms with Gasteiger partial charge in [0.1, 0.15) is 0 Å². The molecule has 2 atom stereocenters. The van der Waals surface area contributed by atoms with Gasteiger partial charge in [0.25, 0.3) is 0 Å². The van der Waals surface area contributed by atoms with Gasteiger partial charge in [0, 0.05) is 25.7 Å². The minimum absolute atomic E-state index is 0.379. The molecule has 1 aromatic carbocycles. The van der Waals surface area contributed by atoms with Crippen molar-refractivity contribution in [3.8, 4) is 0 Å². The summed E-state index contributed by atoms with van der Waals surface area (Å²) in [6.07, 6.45) is 1.15. The first-order valence-electron chi connectivity index (χ1n) is 8.15. The van der Waals surface area contributed by atoms with Gasteiger partial charge in [-0.05, 0) is 38.9 Å². The molecule has 0 radical (unpaired) electrons. The predicted octanol–water partition coefficient (Wildman–Crippen LogP) is 3.39. The quantitative estimate of drug-likeness (QED) is 0.715. The van der Waals surface area contributed by atoms with Crippen LogP contribution in [0.15, 0.2) is 24.3 Å². The Bertz CT molecular complexity index is 377. The normalized spacial score (nSPS) is 14.4. The van der Waals surface area contributed by atoms with E-state index in [1.165, 1.54) is 11.1 Å². The molecule has 0 saturated carbocycles. The smallest absolute Gasteiger partial charge is 0.0615 e. The van der Waals surface area contributed by atoms with Crippen LogP contribution in [-0.4, -0.2) is 44.3 Å². The zero-order valence-corrected chi connectivity index (χ0v) is 14.4. The monoisotopic (exact) mass is 292 g/mol. The summed E-state index contributed by atoms with van der Waals surface area (Å²) >= 11 is 0. The largest absolute Gasteiger partial charge is 0.383 e. The minimum Gasteiger partial charge on any atom is -0.383 e. The van der Waals surface area contributed by atoms with E-state index in [1.54, 1.807) is 7.11 Å². The number of likely N-dealkylation sites (N-methyl/N-ethyl adjacent to an activating group) is 1. The minimum atomic E-state index is 0.379. The molecule has 21 heavy (non-hydrogen) atoms. The third-order valence-corrected chi connectivity index (χ3v) is 3.97. The lowest BCUT2D eigenvalue weighted by Crippen LogP contribution is -2.42. The topological polar surface area (TPSA) is 24.5 Å². The number of ether oxygens (including phenoxy) is 1. The highest BCUT2D eigenvalue weighted by Gasteiger charge is 2.18. The summed E-state index contributed by atoms with van der Waals surface area (Å²) in [7, 11) is 1.77. The molecule has 0 aromatic heterocycles. The number of methoxy groups -OCH3 is 1. The Morgan fingerprint density at radius 2 is 1.86 bits per heavy atom. The second-order valence-electron chi connectivity index (χ2n) is 5.81. The van der Waals surface area contributed by atoms with Gasteiger partial charge < -0.3 is 10.1 Å². The van der Waals surface area contributed by atoms with Crippen LogP contribution in [0.3, 0.4) is 0 Å². The van der Waals surface area contributed by atoms with Gasteiger partial charge in [-0.15, -0.1) is 0 Å². The van der Waals surface area contributed by atoms with Gasteiger partial charge in [-0.2, -0.15) is 0 Å². The molecular formula is C18H32N2O. The molecule has 0 heterocycles. The van der Waals surface area contributed by atoms with E-state index in [9.17, 15) is 0 Å². The van der Waals surface area contributed by atoms with Crippen molar-refractivity contribution in [3.63, 3.8) is 0 Å². The maximum absolute atomic E-state index is 5.31. The van der Waals surface area contributed by atoms with E-state index in [-0.39, 0.29) is 0 Å². The summed E-state index contributed by atoms with van der Waals surface area (Å²) in [5, 5.41) is 3.68. The third kappa shape index (κ3) is 6.16. The number of nitrogens with one attached hydrogen (secondary N) is 1. The summed E-state index contributed by atoms with van der Waals surface area (Å²) in [6, 6.07) is 9.71. The summed E-state index contributed by atoms with van der Waals surface area (Å²) < 4.78 is 5.31. The molecule has 1 N–H and O–H groups in total. The highest BCUT2D eigenvalue weighted by Crippen LogP contribution is 2.17. The van der Waals surface area contributed by atoms with E-state index in [1.807, 2.05) is 0 Å². The molecule has 3 nitrogen and oxygen atoms in total. The lowest BCUT2D eigenvalue weighted by Gasteiger charge is -2.32.